The van der Waals surface area contributed by atoms with Gasteiger partial charge in [0.25, 0.3) is 0 Å². The molecule has 0 unspecified atom stereocenters. The number of aromatic nitrogens is 3. The van der Waals surface area contributed by atoms with Crippen molar-refractivity contribution in [3.05, 3.63) is 163 Å². The zero-order chi connectivity index (χ0) is 31.5. The van der Waals surface area contributed by atoms with Crippen LogP contribution in [0.2, 0.25) is 0 Å². The summed E-state index contributed by atoms with van der Waals surface area (Å²) >= 11 is 0. The first-order valence-corrected chi connectivity index (χ1v) is 16.4. The Labute approximate surface area is 275 Å². The average molecular weight is 607 g/mol. The van der Waals surface area contributed by atoms with Crippen molar-refractivity contribution in [3.8, 4) is 11.3 Å². The van der Waals surface area contributed by atoms with Gasteiger partial charge in [0.1, 0.15) is 0 Å². The molecule has 0 N–H and O–H groups in total. The van der Waals surface area contributed by atoms with Gasteiger partial charge in [-0.1, -0.05) is 105 Å². The first kappa shape index (κ1) is 27.6. The summed E-state index contributed by atoms with van der Waals surface area (Å²) in [6, 6.07) is 45.7. The van der Waals surface area contributed by atoms with E-state index in [4.69, 9.17) is 4.98 Å². The number of fused-ring (bicyclic) bond motifs is 5. The number of para-hydroxylation sites is 3. The van der Waals surface area contributed by atoms with Gasteiger partial charge in [-0.2, -0.15) is 0 Å². The molecule has 0 saturated carbocycles. The van der Waals surface area contributed by atoms with Crippen LogP contribution in [0.15, 0.2) is 146 Å². The molecule has 0 spiro atoms. The second kappa shape index (κ2) is 10.7. The number of anilines is 3. The molecule has 2 aliphatic rings. The highest BCUT2D eigenvalue weighted by Gasteiger charge is 2.37. The van der Waals surface area contributed by atoms with Crippen LogP contribution in [0.25, 0.3) is 44.3 Å². The minimum absolute atomic E-state index is 0.179. The second-order valence-electron chi connectivity index (χ2n) is 13.0. The Morgan fingerprint density at radius 1 is 0.617 bits per heavy atom. The maximum atomic E-state index is 4.95. The van der Waals surface area contributed by atoms with E-state index in [-0.39, 0.29) is 5.41 Å². The first-order chi connectivity index (χ1) is 23.1. The van der Waals surface area contributed by atoms with Crippen LogP contribution >= 0.6 is 0 Å². The minimum atomic E-state index is -0.179. The van der Waals surface area contributed by atoms with Crippen molar-refractivity contribution in [2.75, 3.05) is 4.90 Å². The van der Waals surface area contributed by atoms with E-state index >= 15 is 0 Å². The fraction of sp³-hybridized carbons (Fsp3) is 0.116. The van der Waals surface area contributed by atoms with Gasteiger partial charge in [0.2, 0.25) is 0 Å². The van der Waals surface area contributed by atoms with Crippen molar-refractivity contribution in [2.24, 2.45) is 0 Å². The van der Waals surface area contributed by atoms with Crippen molar-refractivity contribution >= 4 is 50.1 Å². The van der Waals surface area contributed by atoms with Crippen LogP contribution in [0, 0.1) is 0 Å². The summed E-state index contributed by atoms with van der Waals surface area (Å²) in [4.78, 5) is 12.1. The van der Waals surface area contributed by atoms with Gasteiger partial charge in [-0.05, 0) is 78.1 Å². The molecule has 7 aromatic rings. The molecule has 0 bridgehead atoms. The zero-order valence-corrected chi connectivity index (χ0v) is 26.6. The molecule has 0 fully saturated rings. The van der Waals surface area contributed by atoms with Crippen LogP contribution in [0.5, 0.6) is 0 Å². The Morgan fingerprint density at radius 2 is 1.36 bits per heavy atom. The van der Waals surface area contributed by atoms with Crippen molar-refractivity contribution in [3.63, 3.8) is 0 Å². The molecule has 47 heavy (non-hydrogen) atoms. The molecule has 0 amide bonds. The Hall–Kier alpha value is -5.74. The average Bonchev–Trinajstić information content (AvgIpc) is 3.45. The van der Waals surface area contributed by atoms with Crippen molar-refractivity contribution < 1.29 is 0 Å². The number of benzene rings is 5. The summed E-state index contributed by atoms with van der Waals surface area (Å²) in [5.41, 5.74) is 13.1. The smallest absolute Gasteiger partial charge is 0.155 e. The molecule has 0 saturated heterocycles. The van der Waals surface area contributed by atoms with Crippen LogP contribution in [0.1, 0.15) is 43.6 Å². The van der Waals surface area contributed by atoms with Crippen LogP contribution in [-0.4, -0.2) is 14.5 Å². The first-order valence-electron chi connectivity index (χ1n) is 16.4. The van der Waals surface area contributed by atoms with Crippen LogP contribution in [-0.2, 0) is 5.41 Å². The topological polar surface area (TPSA) is 34.0 Å². The molecule has 2 aromatic heterocycles. The van der Waals surface area contributed by atoms with E-state index in [2.05, 4.69) is 144 Å². The molecule has 1 aliphatic heterocycles. The predicted octanol–water partition coefficient (Wildman–Crippen LogP) is 11.1. The fourth-order valence-electron chi connectivity index (χ4n) is 7.61. The van der Waals surface area contributed by atoms with E-state index in [0.29, 0.717) is 0 Å². The van der Waals surface area contributed by atoms with Gasteiger partial charge in [-0.3, -0.25) is 0 Å². The van der Waals surface area contributed by atoms with Crippen LogP contribution in [0.4, 0.5) is 17.1 Å². The molecule has 5 aromatic carbocycles. The van der Waals surface area contributed by atoms with Crippen molar-refractivity contribution in [2.45, 2.75) is 32.1 Å². The van der Waals surface area contributed by atoms with Gasteiger partial charge in [0, 0.05) is 39.3 Å². The molecule has 4 heteroatoms. The fourth-order valence-corrected chi connectivity index (χ4v) is 7.61. The lowest BCUT2D eigenvalue weighted by atomic mass is 9.73. The van der Waals surface area contributed by atoms with E-state index in [0.717, 1.165) is 29.9 Å². The Bertz CT molecular complexity index is 2380. The number of nitrogens with zero attached hydrogens (tertiary/aromatic N) is 4. The van der Waals surface area contributed by atoms with Gasteiger partial charge < -0.3 is 9.47 Å². The normalized spacial score (nSPS) is 15.2. The van der Waals surface area contributed by atoms with Gasteiger partial charge in [0.05, 0.1) is 28.1 Å². The quantitative estimate of drug-likeness (QED) is 0.200. The number of allylic oxidation sites excluding steroid dienone is 4. The van der Waals surface area contributed by atoms with Gasteiger partial charge in [0.15, 0.2) is 5.82 Å². The minimum Gasteiger partial charge on any atom is -0.313 e. The molecule has 1 aliphatic carbocycles. The van der Waals surface area contributed by atoms with E-state index in [1.54, 1.807) is 0 Å². The Kier molecular flexibility index (Phi) is 6.26. The van der Waals surface area contributed by atoms with Crippen LogP contribution in [0.3, 0.4) is 0 Å². The Balaban J connectivity index is 1.22. The lowest BCUT2D eigenvalue weighted by Crippen LogP contribution is -2.30. The van der Waals surface area contributed by atoms with Gasteiger partial charge in [-0.15, -0.1) is 0 Å². The summed E-state index contributed by atoms with van der Waals surface area (Å²) in [6.45, 7) is 4.73. The lowest BCUT2D eigenvalue weighted by Gasteiger charge is -2.42. The number of hydrogen-bond donors (Lipinski definition) is 0. The molecule has 0 radical (unpaired) electrons. The second-order valence-corrected chi connectivity index (χ2v) is 13.0. The molecule has 226 valence electrons. The van der Waals surface area contributed by atoms with Crippen molar-refractivity contribution in [1.82, 2.24) is 14.5 Å². The summed E-state index contributed by atoms with van der Waals surface area (Å²) < 4.78 is 2.49. The summed E-state index contributed by atoms with van der Waals surface area (Å²) in [5, 5.41) is 2.54. The Morgan fingerprint density at radius 3 is 2.17 bits per heavy atom. The highest BCUT2D eigenvalue weighted by Crippen LogP contribution is 2.53. The third kappa shape index (κ3) is 4.36. The molecular weight excluding hydrogens is 573 g/mol. The third-order valence-electron chi connectivity index (χ3n) is 9.96. The predicted molar refractivity (Wildman–Crippen MR) is 195 cm³/mol. The van der Waals surface area contributed by atoms with E-state index in [1.165, 1.54) is 61.3 Å². The molecule has 9 rings (SSSR count). The molecular formula is C43H34N4. The maximum Gasteiger partial charge on any atom is 0.155 e. The highest BCUT2D eigenvalue weighted by molar-refractivity contribution is 6.12. The molecule has 4 nitrogen and oxygen atoms in total. The third-order valence-corrected chi connectivity index (χ3v) is 9.96. The standard InChI is InChI=1S/C43H34N4/c1-43(2)35-18-10-12-20-39(35)47(31-15-7-4-8-16-31)41-27-34-33-17-9-11-19-38(33)46(40(34)28-36(41)43)32-23-21-30(22-24-32)42-44-26-25-37(45-42)29-13-5-3-6-14-29/h3-21,23,25-28H,22,24H2,1-2H3. The zero-order valence-electron chi connectivity index (χ0n) is 26.6. The van der Waals surface area contributed by atoms with Crippen LogP contribution < -0.4 is 4.90 Å². The maximum absolute atomic E-state index is 4.95. The monoisotopic (exact) mass is 606 g/mol. The lowest BCUT2D eigenvalue weighted by molar-refractivity contribution is 0.632. The number of hydrogen-bond acceptors (Lipinski definition) is 3. The molecule has 3 heterocycles. The van der Waals surface area contributed by atoms with E-state index in [9.17, 15) is 0 Å². The largest absolute Gasteiger partial charge is 0.313 e. The summed E-state index contributed by atoms with van der Waals surface area (Å²) in [5.74, 6) is 0.805. The SMILES string of the molecule is CC1(C)c2ccccc2N(c2ccccc2)c2cc3c4ccccc4n(C4=CC=C(c5nccc(-c6ccccc6)n5)CC4)c3cc21. The van der Waals surface area contributed by atoms with E-state index in [1.807, 2.05) is 30.5 Å². The molecule has 0 atom stereocenters. The summed E-state index contributed by atoms with van der Waals surface area (Å²) in [7, 11) is 0. The van der Waals surface area contributed by atoms with Crippen molar-refractivity contribution in [1.29, 1.82) is 0 Å². The number of rotatable bonds is 4. The summed E-state index contributed by atoms with van der Waals surface area (Å²) in [6.07, 6.45) is 8.15. The van der Waals surface area contributed by atoms with Gasteiger partial charge in [-0.25, -0.2) is 9.97 Å². The highest BCUT2D eigenvalue weighted by atomic mass is 15.2. The van der Waals surface area contributed by atoms with E-state index < -0.39 is 0 Å². The van der Waals surface area contributed by atoms with Gasteiger partial charge >= 0.3 is 0 Å².